The highest BCUT2D eigenvalue weighted by Crippen LogP contribution is 2.31. The van der Waals surface area contributed by atoms with Gasteiger partial charge in [-0.25, -0.2) is 0 Å². The second kappa shape index (κ2) is 6.05. The molecule has 0 spiro atoms. The molecule has 1 aliphatic carbocycles. The van der Waals surface area contributed by atoms with Crippen molar-refractivity contribution in [2.24, 2.45) is 11.7 Å². The van der Waals surface area contributed by atoms with Crippen LogP contribution in [0.4, 0.5) is 0 Å². The summed E-state index contributed by atoms with van der Waals surface area (Å²) in [5.74, 6) is 0.697. The van der Waals surface area contributed by atoms with E-state index in [1.54, 1.807) is 0 Å². The van der Waals surface area contributed by atoms with Crippen molar-refractivity contribution in [3.63, 3.8) is 0 Å². The maximum Gasteiger partial charge on any atom is 0.0323 e. The third kappa shape index (κ3) is 3.08. The molecule has 1 aromatic rings. The van der Waals surface area contributed by atoms with Crippen molar-refractivity contribution in [2.75, 3.05) is 0 Å². The quantitative estimate of drug-likeness (QED) is 0.794. The molecule has 88 valence electrons. The van der Waals surface area contributed by atoms with E-state index in [1.807, 2.05) is 0 Å². The van der Waals surface area contributed by atoms with E-state index in [2.05, 4.69) is 30.3 Å². The van der Waals surface area contributed by atoms with Gasteiger partial charge in [-0.1, -0.05) is 62.4 Å². The molecule has 0 heterocycles. The van der Waals surface area contributed by atoms with Crippen LogP contribution in [0.3, 0.4) is 0 Å². The van der Waals surface area contributed by atoms with Crippen LogP contribution in [0.5, 0.6) is 0 Å². The third-order valence-corrected chi connectivity index (χ3v) is 3.84. The molecular formula is C15H23N. The van der Waals surface area contributed by atoms with Gasteiger partial charge in [0.25, 0.3) is 0 Å². The highest BCUT2D eigenvalue weighted by atomic mass is 14.6. The first-order chi connectivity index (χ1) is 7.88. The Bertz CT molecular complexity index is 286. The molecule has 1 saturated carbocycles. The summed E-state index contributed by atoms with van der Waals surface area (Å²) in [6.07, 6.45) is 9.59. The van der Waals surface area contributed by atoms with Crippen molar-refractivity contribution in [1.29, 1.82) is 0 Å². The van der Waals surface area contributed by atoms with Gasteiger partial charge in [-0.15, -0.1) is 0 Å². The van der Waals surface area contributed by atoms with E-state index in [1.165, 1.54) is 50.5 Å². The lowest BCUT2D eigenvalue weighted by Gasteiger charge is -2.26. The van der Waals surface area contributed by atoms with Gasteiger partial charge in [-0.05, 0) is 24.3 Å². The van der Waals surface area contributed by atoms with Crippen LogP contribution in [0.2, 0.25) is 0 Å². The summed E-state index contributed by atoms with van der Waals surface area (Å²) in [6.45, 7) is 0. The molecule has 0 aliphatic heterocycles. The Kier molecular flexibility index (Phi) is 4.41. The Hall–Kier alpha value is -0.820. The van der Waals surface area contributed by atoms with Crippen LogP contribution in [-0.4, -0.2) is 0 Å². The number of rotatable bonds is 2. The average Bonchev–Trinajstić information content (AvgIpc) is 2.29. The van der Waals surface area contributed by atoms with E-state index in [0.717, 1.165) is 0 Å². The molecule has 1 aliphatic rings. The minimum Gasteiger partial charge on any atom is -0.324 e. The summed E-state index contributed by atoms with van der Waals surface area (Å²) in [7, 11) is 0. The maximum absolute atomic E-state index is 6.39. The minimum atomic E-state index is 0.249. The summed E-state index contributed by atoms with van der Waals surface area (Å²) < 4.78 is 0. The van der Waals surface area contributed by atoms with Crippen molar-refractivity contribution >= 4 is 0 Å². The molecule has 1 fully saturated rings. The first-order valence-corrected chi connectivity index (χ1v) is 6.68. The Labute approximate surface area is 99.0 Å². The normalized spacial score (nSPS) is 21.1. The van der Waals surface area contributed by atoms with E-state index >= 15 is 0 Å². The zero-order valence-corrected chi connectivity index (χ0v) is 10.1. The largest absolute Gasteiger partial charge is 0.324 e. The lowest BCUT2D eigenvalue weighted by molar-refractivity contribution is 0.327. The van der Waals surface area contributed by atoms with Crippen LogP contribution in [0.1, 0.15) is 56.6 Å². The summed E-state index contributed by atoms with van der Waals surface area (Å²) >= 11 is 0. The van der Waals surface area contributed by atoms with Gasteiger partial charge >= 0.3 is 0 Å². The highest BCUT2D eigenvalue weighted by molar-refractivity contribution is 5.19. The van der Waals surface area contributed by atoms with Crippen molar-refractivity contribution < 1.29 is 0 Å². The fourth-order valence-electron chi connectivity index (χ4n) is 2.79. The molecule has 1 unspecified atom stereocenters. The predicted octanol–water partition coefficient (Wildman–Crippen LogP) is 4.05. The van der Waals surface area contributed by atoms with Crippen molar-refractivity contribution in [1.82, 2.24) is 0 Å². The van der Waals surface area contributed by atoms with Crippen LogP contribution >= 0.6 is 0 Å². The second-order valence-electron chi connectivity index (χ2n) is 5.04. The molecule has 16 heavy (non-hydrogen) atoms. The molecule has 1 heteroatoms. The smallest absolute Gasteiger partial charge is 0.0323 e. The SMILES string of the molecule is NC(c1ccccc1)C1CCCCCCC1. The number of benzene rings is 1. The fraction of sp³-hybridized carbons (Fsp3) is 0.600. The van der Waals surface area contributed by atoms with Gasteiger partial charge in [-0.3, -0.25) is 0 Å². The number of nitrogens with two attached hydrogens (primary N) is 1. The average molecular weight is 217 g/mol. The van der Waals surface area contributed by atoms with E-state index in [0.29, 0.717) is 5.92 Å². The lowest BCUT2D eigenvalue weighted by atomic mass is 9.83. The summed E-state index contributed by atoms with van der Waals surface area (Å²) in [5, 5.41) is 0. The molecule has 2 rings (SSSR count). The van der Waals surface area contributed by atoms with Gasteiger partial charge in [0.05, 0.1) is 0 Å². The van der Waals surface area contributed by atoms with E-state index in [-0.39, 0.29) is 6.04 Å². The van der Waals surface area contributed by atoms with Crippen molar-refractivity contribution in [2.45, 2.75) is 51.0 Å². The van der Waals surface area contributed by atoms with Crippen LogP contribution in [0.25, 0.3) is 0 Å². The molecule has 0 aromatic heterocycles. The van der Waals surface area contributed by atoms with Gasteiger partial charge in [0, 0.05) is 6.04 Å². The molecule has 1 aromatic carbocycles. The molecule has 0 bridgehead atoms. The fourth-order valence-corrected chi connectivity index (χ4v) is 2.79. The monoisotopic (exact) mass is 217 g/mol. The Morgan fingerprint density at radius 1 is 0.875 bits per heavy atom. The Morgan fingerprint density at radius 2 is 1.44 bits per heavy atom. The third-order valence-electron chi connectivity index (χ3n) is 3.84. The van der Waals surface area contributed by atoms with E-state index in [4.69, 9.17) is 5.73 Å². The van der Waals surface area contributed by atoms with Gasteiger partial charge in [-0.2, -0.15) is 0 Å². The Morgan fingerprint density at radius 3 is 2.06 bits per heavy atom. The summed E-state index contributed by atoms with van der Waals surface area (Å²) in [4.78, 5) is 0. The zero-order valence-electron chi connectivity index (χ0n) is 10.1. The highest BCUT2D eigenvalue weighted by Gasteiger charge is 2.19. The van der Waals surface area contributed by atoms with E-state index in [9.17, 15) is 0 Å². The molecule has 0 radical (unpaired) electrons. The van der Waals surface area contributed by atoms with Crippen LogP contribution in [0, 0.1) is 5.92 Å². The molecule has 0 amide bonds. The van der Waals surface area contributed by atoms with Gasteiger partial charge in [0.1, 0.15) is 0 Å². The van der Waals surface area contributed by atoms with Crippen LogP contribution < -0.4 is 5.73 Å². The van der Waals surface area contributed by atoms with Crippen molar-refractivity contribution in [3.8, 4) is 0 Å². The molecule has 0 saturated heterocycles. The zero-order chi connectivity index (χ0) is 11.2. The van der Waals surface area contributed by atoms with Crippen molar-refractivity contribution in [3.05, 3.63) is 35.9 Å². The lowest BCUT2D eigenvalue weighted by Crippen LogP contribution is -2.22. The standard InChI is InChI=1S/C15H23N/c16-15(14-11-7-4-8-12-14)13-9-5-2-1-3-6-10-13/h4,7-8,11-13,15H,1-3,5-6,9-10,16H2. The van der Waals surface area contributed by atoms with Crippen LogP contribution in [-0.2, 0) is 0 Å². The van der Waals surface area contributed by atoms with Crippen LogP contribution in [0.15, 0.2) is 30.3 Å². The maximum atomic E-state index is 6.39. The first-order valence-electron chi connectivity index (χ1n) is 6.68. The molecule has 1 atom stereocenters. The minimum absolute atomic E-state index is 0.249. The topological polar surface area (TPSA) is 26.0 Å². The van der Waals surface area contributed by atoms with Gasteiger partial charge < -0.3 is 5.73 Å². The number of hydrogen-bond acceptors (Lipinski definition) is 1. The summed E-state index contributed by atoms with van der Waals surface area (Å²) in [5.41, 5.74) is 7.70. The van der Waals surface area contributed by atoms with E-state index < -0.39 is 0 Å². The van der Waals surface area contributed by atoms with Gasteiger partial charge in [0.15, 0.2) is 0 Å². The van der Waals surface area contributed by atoms with Gasteiger partial charge in [0.2, 0.25) is 0 Å². The molecule has 2 N–H and O–H groups in total. The second-order valence-corrected chi connectivity index (χ2v) is 5.04. The molecule has 1 nitrogen and oxygen atoms in total. The molecular weight excluding hydrogens is 194 g/mol. The number of hydrogen-bond donors (Lipinski definition) is 1. The summed E-state index contributed by atoms with van der Waals surface area (Å²) in [6, 6.07) is 10.8. The Balaban J connectivity index is 1.99. The first kappa shape index (κ1) is 11.7. The predicted molar refractivity (Wildman–Crippen MR) is 69.2 cm³/mol.